The largest absolute Gasteiger partial charge is 0.352 e. The van der Waals surface area contributed by atoms with E-state index >= 15 is 0 Å². The summed E-state index contributed by atoms with van der Waals surface area (Å²) in [6.45, 7) is 10.6. The third-order valence-corrected chi connectivity index (χ3v) is 7.15. The fourth-order valence-electron chi connectivity index (χ4n) is 3.27. The van der Waals surface area contributed by atoms with E-state index in [2.05, 4.69) is 33.0 Å². The van der Waals surface area contributed by atoms with Gasteiger partial charge in [-0.05, 0) is 36.5 Å². The van der Waals surface area contributed by atoms with Crippen LogP contribution < -0.4 is 5.32 Å². The molecule has 1 aliphatic rings. The lowest BCUT2D eigenvalue weighted by Crippen LogP contribution is -2.51. The van der Waals surface area contributed by atoms with Gasteiger partial charge >= 0.3 is 0 Å². The number of amides is 1. The number of hydrogen-bond acceptors (Lipinski definition) is 4. The van der Waals surface area contributed by atoms with Crippen LogP contribution in [0.3, 0.4) is 0 Å². The predicted molar refractivity (Wildman–Crippen MR) is 108 cm³/mol. The van der Waals surface area contributed by atoms with Gasteiger partial charge < -0.3 is 5.32 Å². The van der Waals surface area contributed by atoms with Gasteiger partial charge in [0.05, 0.1) is 11.4 Å². The highest BCUT2D eigenvalue weighted by molar-refractivity contribution is 7.89. The highest BCUT2D eigenvalue weighted by Gasteiger charge is 2.29. The van der Waals surface area contributed by atoms with Crippen molar-refractivity contribution in [3.05, 3.63) is 29.8 Å². The molecular formula is C20H33N3O3S. The predicted octanol–water partition coefficient (Wildman–Crippen LogP) is 2.42. The second-order valence-electron chi connectivity index (χ2n) is 7.48. The van der Waals surface area contributed by atoms with Gasteiger partial charge in [-0.2, -0.15) is 4.31 Å². The molecule has 0 bridgehead atoms. The van der Waals surface area contributed by atoms with E-state index in [1.165, 1.54) is 4.31 Å². The minimum atomic E-state index is -3.48. The van der Waals surface area contributed by atoms with Gasteiger partial charge in [-0.25, -0.2) is 8.42 Å². The van der Waals surface area contributed by atoms with Crippen LogP contribution in [0.5, 0.6) is 0 Å². The van der Waals surface area contributed by atoms with Crippen molar-refractivity contribution in [3.63, 3.8) is 0 Å². The van der Waals surface area contributed by atoms with E-state index in [1.807, 2.05) is 17.0 Å². The number of benzene rings is 1. The normalized spacial score (nSPS) is 16.8. The van der Waals surface area contributed by atoms with E-state index in [4.69, 9.17) is 0 Å². The van der Waals surface area contributed by atoms with Gasteiger partial charge in [0, 0.05) is 32.2 Å². The third-order valence-electron chi connectivity index (χ3n) is 5.23. The quantitative estimate of drug-likeness (QED) is 0.734. The molecule has 152 valence electrons. The lowest BCUT2D eigenvalue weighted by atomic mass is 10.0. The molecular weight excluding hydrogens is 362 g/mol. The van der Waals surface area contributed by atoms with Crippen LogP contribution in [0.1, 0.15) is 52.0 Å². The van der Waals surface area contributed by atoms with E-state index in [0.717, 1.165) is 18.4 Å². The molecule has 1 saturated heterocycles. The molecule has 0 spiro atoms. The van der Waals surface area contributed by atoms with Crippen LogP contribution in [0.15, 0.2) is 29.2 Å². The molecule has 6 nitrogen and oxygen atoms in total. The zero-order valence-corrected chi connectivity index (χ0v) is 17.8. The van der Waals surface area contributed by atoms with E-state index in [-0.39, 0.29) is 11.9 Å². The molecule has 2 rings (SSSR count). The van der Waals surface area contributed by atoms with Crippen LogP contribution in [-0.2, 0) is 14.8 Å². The standard InChI is InChI=1S/C20H33N3O3S/c1-5-18(6-2)21-20(24)15-22-11-13-23(14-12-22)27(25,26)19-9-7-17(8-10-19)16(3)4/h7-10,16,18H,5-6,11-15H2,1-4H3,(H,21,24). The van der Waals surface area contributed by atoms with Crippen molar-refractivity contribution in [1.82, 2.24) is 14.5 Å². The summed E-state index contributed by atoms with van der Waals surface area (Å²) in [7, 11) is -3.48. The van der Waals surface area contributed by atoms with E-state index in [0.29, 0.717) is 43.5 Å². The highest BCUT2D eigenvalue weighted by atomic mass is 32.2. The van der Waals surface area contributed by atoms with Crippen molar-refractivity contribution >= 4 is 15.9 Å². The molecule has 1 fully saturated rings. The van der Waals surface area contributed by atoms with Crippen molar-refractivity contribution in [2.45, 2.75) is 57.4 Å². The third kappa shape index (κ3) is 5.77. The van der Waals surface area contributed by atoms with Crippen LogP contribution in [0.25, 0.3) is 0 Å². The molecule has 1 amide bonds. The minimum absolute atomic E-state index is 0.0179. The van der Waals surface area contributed by atoms with Crippen molar-refractivity contribution in [1.29, 1.82) is 0 Å². The van der Waals surface area contributed by atoms with Gasteiger partial charge in [0.25, 0.3) is 0 Å². The van der Waals surface area contributed by atoms with Crippen molar-refractivity contribution < 1.29 is 13.2 Å². The second-order valence-corrected chi connectivity index (χ2v) is 9.42. The topological polar surface area (TPSA) is 69.7 Å². The number of sulfonamides is 1. The van der Waals surface area contributed by atoms with E-state index in [9.17, 15) is 13.2 Å². The lowest BCUT2D eigenvalue weighted by Gasteiger charge is -2.33. The number of nitrogens with one attached hydrogen (secondary N) is 1. The molecule has 1 N–H and O–H groups in total. The Morgan fingerprint density at radius 2 is 1.59 bits per heavy atom. The van der Waals surface area contributed by atoms with Gasteiger partial charge in [-0.3, -0.25) is 9.69 Å². The Balaban J connectivity index is 1.91. The summed E-state index contributed by atoms with van der Waals surface area (Å²) < 4.78 is 27.2. The number of carbonyl (C=O) groups is 1. The van der Waals surface area contributed by atoms with Crippen LogP contribution in [-0.4, -0.2) is 62.3 Å². The number of piperazine rings is 1. The van der Waals surface area contributed by atoms with E-state index in [1.54, 1.807) is 12.1 Å². The molecule has 0 saturated carbocycles. The summed E-state index contributed by atoms with van der Waals surface area (Å²) in [5.74, 6) is 0.390. The van der Waals surface area contributed by atoms with Gasteiger partial charge in [-0.1, -0.05) is 39.8 Å². The summed E-state index contributed by atoms with van der Waals surface area (Å²) in [5.41, 5.74) is 1.13. The Kier molecular flexibility index (Phi) is 7.82. The zero-order chi connectivity index (χ0) is 20.0. The van der Waals surface area contributed by atoms with Crippen LogP contribution in [0.4, 0.5) is 0 Å². The smallest absolute Gasteiger partial charge is 0.243 e. The molecule has 0 radical (unpaired) electrons. The van der Waals surface area contributed by atoms with Crippen molar-refractivity contribution in [2.24, 2.45) is 0 Å². The number of carbonyl (C=O) groups excluding carboxylic acids is 1. The average Bonchev–Trinajstić information content (AvgIpc) is 2.66. The lowest BCUT2D eigenvalue weighted by molar-refractivity contribution is -0.123. The van der Waals surface area contributed by atoms with Crippen LogP contribution in [0, 0.1) is 0 Å². The van der Waals surface area contributed by atoms with Gasteiger partial charge in [0.1, 0.15) is 0 Å². The minimum Gasteiger partial charge on any atom is -0.352 e. The molecule has 1 aromatic rings. The Bertz CT molecular complexity index is 704. The molecule has 1 aromatic carbocycles. The summed E-state index contributed by atoms with van der Waals surface area (Å²) in [4.78, 5) is 14.5. The number of rotatable bonds is 8. The maximum absolute atomic E-state index is 12.8. The summed E-state index contributed by atoms with van der Waals surface area (Å²) >= 11 is 0. The summed E-state index contributed by atoms with van der Waals surface area (Å²) in [6.07, 6.45) is 1.84. The maximum atomic E-state index is 12.8. The van der Waals surface area contributed by atoms with Crippen molar-refractivity contribution in [2.75, 3.05) is 32.7 Å². The van der Waals surface area contributed by atoms with E-state index < -0.39 is 10.0 Å². The van der Waals surface area contributed by atoms with Gasteiger partial charge in [-0.15, -0.1) is 0 Å². The van der Waals surface area contributed by atoms with Crippen LogP contribution >= 0.6 is 0 Å². The summed E-state index contributed by atoms with van der Waals surface area (Å²) in [6, 6.07) is 7.37. The number of hydrogen-bond donors (Lipinski definition) is 1. The van der Waals surface area contributed by atoms with Crippen LogP contribution in [0.2, 0.25) is 0 Å². The maximum Gasteiger partial charge on any atom is 0.243 e. The first-order valence-corrected chi connectivity index (χ1v) is 11.3. The molecule has 7 heteroatoms. The SMILES string of the molecule is CCC(CC)NC(=O)CN1CCN(S(=O)(=O)c2ccc(C(C)C)cc2)CC1. The van der Waals surface area contributed by atoms with Crippen molar-refractivity contribution in [3.8, 4) is 0 Å². The molecule has 27 heavy (non-hydrogen) atoms. The highest BCUT2D eigenvalue weighted by Crippen LogP contribution is 2.21. The molecule has 1 aliphatic heterocycles. The Hall–Kier alpha value is -1.44. The van der Waals surface area contributed by atoms with Gasteiger partial charge in [0.2, 0.25) is 15.9 Å². The Labute approximate surface area is 164 Å². The average molecular weight is 396 g/mol. The fourth-order valence-corrected chi connectivity index (χ4v) is 4.69. The molecule has 0 atom stereocenters. The first-order chi connectivity index (χ1) is 12.8. The Morgan fingerprint density at radius 3 is 2.07 bits per heavy atom. The Morgan fingerprint density at radius 1 is 1.04 bits per heavy atom. The first-order valence-electron chi connectivity index (χ1n) is 9.89. The van der Waals surface area contributed by atoms with Gasteiger partial charge in [0.15, 0.2) is 0 Å². The fraction of sp³-hybridized carbons (Fsp3) is 0.650. The second kappa shape index (κ2) is 9.66. The molecule has 0 aromatic heterocycles. The molecule has 0 unspecified atom stereocenters. The molecule has 0 aliphatic carbocycles. The summed E-state index contributed by atoms with van der Waals surface area (Å²) in [5, 5.41) is 3.03. The monoisotopic (exact) mass is 395 g/mol. The first kappa shape index (κ1) is 21.9. The number of nitrogens with zero attached hydrogens (tertiary/aromatic N) is 2. The zero-order valence-electron chi connectivity index (χ0n) is 16.9. The molecule has 1 heterocycles.